The van der Waals surface area contributed by atoms with Crippen LogP contribution in [0.3, 0.4) is 0 Å². The lowest BCUT2D eigenvalue weighted by molar-refractivity contribution is -0.145. The van der Waals surface area contributed by atoms with E-state index in [9.17, 15) is 34.5 Å². The highest BCUT2D eigenvalue weighted by molar-refractivity contribution is 5.95. The number of aromatic nitrogens is 2. The Kier molecular flexibility index (Phi) is 9.57. The number of carboxylic acids is 1. The number of carboxylic acid groups (broad SMARTS) is 1. The lowest BCUT2D eigenvalue weighted by atomic mass is 10.0. The van der Waals surface area contributed by atoms with Gasteiger partial charge < -0.3 is 47.0 Å². The van der Waals surface area contributed by atoms with Crippen molar-refractivity contribution in [1.82, 2.24) is 25.9 Å². The van der Waals surface area contributed by atoms with Gasteiger partial charge in [0.2, 0.25) is 17.7 Å². The fourth-order valence-electron chi connectivity index (χ4n) is 4.75. The molecule has 5 atom stereocenters. The SMILES string of the molecule is CC(O)C(NC(=O)C(Cc1c[nH]c2ccccc12)NC(=O)C(CO)NC(=O)C(N)Cc1c[nH]c2ccccc12)C(=O)O. The molecule has 4 rings (SSSR count). The Morgan fingerprint density at radius 2 is 1.29 bits per heavy atom. The Bertz CT molecular complexity index is 1580. The molecule has 2 aromatic carbocycles. The van der Waals surface area contributed by atoms with Crippen LogP contribution in [0, 0.1) is 0 Å². The van der Waals surface area contributed by atoms with Crippen LogP contribution in [0.5, 0.6) is 0 Å². The molecule has 13 nitrogen and oxygen atoms in total. The van der Waals surface area contributed by atoms with E-state index in [0.29, 0.717) is 5.56 Å². The molecule has 42 heavy (non-hydrogen) atoms. The standard InChI is InChI=1S/C29H34N6O7/c1-15(37)25(29(41)42)35-27(39)23(11-17-13-32-22-9-5-3-7-19(17)22)33-28(40)24(14-36)34-26(38)20(30)10-16-12-31-21-8-4-2-6-18(16)21/h2-9,12-13,15,20,23-25,31-32,36-37H,10-11,14,30H2,1H3,(H,33,40)(H,34,38)(H,35,39)(H,41,42). The van der Waals surface area contributed by atoms with Crippen LogP contribution < -0.4 is 21.7 Å². The van der Waals surface area contributed by atoms with E-state index in [1.54, 1.807) is 18.5 Å². The Hall–Kier alpha value is -4.72. The normalized spacial score (nSPS) is 15.0. The number of para-hydroxylation sites is 2. The Morgan fingerprint density at radius 3 is 1.81 bits per heavy atom. The number of fused-ring (bicyclic) bond motifs is 2. The van der Waals surface area contributed by atoms with Gasteiger partial charge in [0, 0.05) is 40.6 Å². The average molecular weight is 579 g/mol. The molecule has 0 saturated carbocycles. The third-order valence-electron chi connectivity index (χ3n) is 7.05. The van der Waals surface area contributed by atoms with Crippen molar-refractivity contribution in [2.75, 3.05) is 6.61 Å². The van der Waals surface area contributed by atoms with Crippen LogP contribution in [0.15, 0.2) is 60.9 Å². The van der Waals surface area contributed by atoms with Gasteiger partial charge in [0.05, 0.1) is 18.8 Å². The molecule has 0 spiro atoms. The molecule has 0 radical (unpaired) electrons. The first-order valence-corrected chi connectivity index (χ1v) is 13.4. The minimum Gasteiger partial charge on any atom is -0.480 e. The number of aliphatic hydroxyl groups excluding tert-OH is 2. The molecule has 0 fully saturated rings. The molecule has 2 aromatic heterocycles. The number of rotatable bonds is 13. The van der Waals surface area contributed by atoms with Gasteiger partial charge >= 0.3 is 5.97 Å². The Balaban J connectivity index is 1.48. The van der Waals surface area contributed by atoms with Crippen molar-refractivity contribution in [2.45, 2.75) is 50.0 Å². The first-order chi connectivity index (χ1) is 20.1. The third kappa shape index (κ3) is 6.94. The van der Waals surface area contributed by atoms with E-state index in [2.05, 4.69) is 25.9 Å². The molecule has 0 aliphatic heterocycles. The van der Waals surface area contributed by atoms with Crippen molar-refractivity contribution in [2.24, 2.45) is 5.73 Å². The van der Waals surface area contributed by atoms with Gasteiger partial charge in [0.25, 0.3) is 0 Å². The lowest BCUT2D eigenvalue weighted by Gasteiger charge is -2.25. The summed E-state index contributed by atoms with van der Waals surface area (Å²) in [5.41, 5.74) is 9.25. The summed E-state index contributed by atoms with van der Waals surface area (Å²) in [4.78, 5) is 57.0. The zero-order valence-electron chi connectivity index (χ0n) is 22.8. The molecule has 0 aliphatic rings. The van der Waals surface area contributed by atoms with Gasteiger partial charge in [-0.3, -0.25) is 14.4 Å². The summed E-state index contributed by atoms with van der Waals surface area (Å²) >= 11 is 0. The summed E-state index contributed by atoms with van der Waals surface area (Å²) < 4.78 is 0. The number of aliphatic carboxylic acids is 1. The zero-order valence-corrected chi connectivity index (χ0v) is 22.8. The van der Waals surface area contributed by atoms with Crippen LogP contribution in [0.1, 0.15) is 18.1 Å². The molecular weight excluding hydrogens is 544 g/mol. The second-order valence-corrected chi connectivity index (χ2v) is 10.1. The molecule has 4 aromatic rings. The number of carbonyl (C=O) groups is 4. The number of aliphatic hydroxyl groups is 2. The van der Waals surface area contributed by atoms with E-state index in [1.165, 1.54) is 6.92 Å². The lowest BCUT2D eigenvalue weighted by Crippen LogP contribution is -2.59. The minimum atomic E-state index is -1.63. The topological polar surface area (TPSA) is 223 Å². The average Bonchev–Trinajstić information content (AvgIpc) is 3.57. The Labute approximate surface area is 240 Å². The van der Waals surface area contributed by atoms with Gasteiger partial charge in [-0.05, 0) is 36.6 Å². The fraction of sp³-hybridized carbons (Fsp3) is 0.310. The van der Waals surface area contributed by atoms with Crippen LogP contribution >= 0.6 is 0 Å². The molecule has 10 N–H and O–H groups in total. The predicted molar refractivity (Wildman–Crippen MR) is 154 cm³/mol. The first-order valence-electron chi connectivity index (χ1n) is 13.4. The van der Waals surface area contributed by atoms with E-state index < -0.39 is 60.6 Å². The van der Waals surface area contributed by atoms with Crippen molar-refractivity contribution in [3.8, 4) is 0 Å². The number of aromatic amines is 2. The summed E-state index contributed by atoms with van der Waals surface area (Å²) in [5.74, 6) is -3.90. The zero-order chi connectivity index (χ0) is 30.4. The van der Waals surface area contributed by atoms with E-state index in [-0.39, 0.29) is 12.8 Å². The van der Waals surface area contributed by atoms with Crippen molar-refractivity contribution >= 4 is 45.5 Å². The van der Waals surface area contributed by atoms with Gasteiger partial charge in [0.1, 0.15) is 12.1 Å². The van der Waals surface area contributed by atoms with Crippen molar-refractivity contribution in [3.63, 3.8) is 0 Å². The molecule has 3 amide bonds. The quantitative estimate of drug-likeness (QED) is 0.102. The van der Waals surface area contributed by atoms with Crippen molar-refractivity contribution < 1.29 is 34.5 Å². The second-order valence-electron chi connectivity index (χ2n) is 10.1. The van der Waals surface area contributed by atoms with Gasteiger partial charge in [-0.15, -0.1) is 0 Å². The maximum absolute atomic E-state index is 13.2. The fourth-order valence-corrected chi connectivity index (χ4v) is 4.75. The number of H-pyrrole nitrogens is 2. The largest absolute Gasteiger partial charge is 0.480 e. The van der Waals surface area contributed by atoms with Crippen LogP contribution in [-0.4, -0.2) is 85.9 Å². The predicted octanol–water partition coefficient (Wildman–Crippen LogP) is -0.326. The van der Waals surface area contributed by atoms with E-state index >= 15 is 0 Å². The summed E-state index contributed by atoms with van der Waals surface area (Å²) in [6.07, 6.45) is 2.10. The number of carbonyl (C=O) groups excluding carboxylic acids is 3. The second kappa shape index (κ2) is 13.3. The first kappa shape index (κ1) is 30.2. The highest BCUT2D eigenvalue weighted by Crippen LogP contribution is 2.20. The molecule has 13 heteroatoms. The van der Waals surface area contributed by atoms with Gasteiger partial charge in [0.15, 0.2) is 6.04 Å². The van der Waals surface area contributed by atoms with Crippen molar-refractivity contribution in [3.05, 3.63) is 72.1 Å². The Morgan fingerprint density at radius 1 is 0.786 bits per heavy atom. The summed E-state index contributed by atoms with van der Waals surface area (Å²) in [6, 6.07) is 9.36. The molecule has 0 aliphatic carbocycles. The molecular formula is C29H34N6O7. The summed E-state index contributed by atoms with van der Waals surface area (Å²) in [7, 11) is 0. The van der Waals surface area contributed by atoms with Crippen LogP contribution in [0.2, 0.25) is 0 Å². The summed E-state index contributed by atoms with van der Waals surface area (Å²) in [6.45, 7) is 0.424. The molecule has 5 unspecified atom stereocenters. The van der Waals surface area contributed by atoms with E-state index in [4.69, 9.17) is 5.73 Å². The highest BCUT2D eigenvalue weighted by atomic mass is 16.4. The van der Waals surface area contributed by atoms with E-state index in [0.717, 1.165) is 27.4 Å². The molecule has 0 bridgehead atoms. The third-order valence-corrected chi connectivity index (χ3v) is 7.05. The van der Waals surface area contributed by atoms with Crippen LogP contribution in [0.25, 0.3) is 21.8 Å². The number of benzene rings is 2. The number of hydrogen-bond donors (Lipinski definition) is 9. The number of nitrogens with one attached hydrogen (secondary N) is 5. The monoisotopic (exact) mass is 578 g/mol. The number of amides is 3. The van der Waals surface area contributed by atoms with Crippen molar-refractivity contribution in [1.29, 1.82) is 0 Å². The number of nitrogens with two attached hydrogens (primary N) is 1. The number of hydrogen-bond acceptors (Lipinski definition) is 7. The van der Waals surface area contributed by atoms with Gasteiger partial charge in [-0.2, -0.15) is 0 Å². The van der Waals surface area contributed by atoms with Crippen LogP contribution in [-0.2, 0) is 32.0 Å². The summed E-state index contributed by atoms with van der Waals surface area (Å²) in [5, 5.41) is 38.1. The van der Waals surface area contributed by atoms with Crippen LogP contribution in [0.4, 0.5) is 0 Å². The molecule has 2 heterocycles. The van der Waals surface area contributed by atoms with Gasteiger partial charge in [-0.1, -0.05) is 36.4 Å². The minimum absolute atomic E-state index is 0.0556. The molecule has 222 valence electrons. The maximum Gasteiger partial charge on any atom is 0.328 e. The highest BCUT2D eigenvalue weighted by Gasteiger charge is 2.32. The van der Waals surface area contributed by atoms with Gasteiger partial charge in [-0.25, -0.2) is 4.79 Å². The smallest absolute Gasteiger partial charge is 0.328 e. The maximum atomic E-state index is 13.2. The van der Waals surface area contributed by atoms with E-state index in [1.807, 2.05) is 42.5 Å². The molecule has 0 saturated heterocycles.